The fraction of sp³-hybridized carbons (Fsp3) is 0.140. The number of aryl methyl sites for hydroxylation is 2. The molecule has 0 amide bonds. The second kappa shape index (κ2) is 17.9. The molecule has 4 N–H and O–H groups in total. The molecule has 8 rings (SSSR count). The fourth-order valence-corrected chi connectivity index (χ4v) is 6.97. The molecular formula is C43H42F2N8S2. The van der Waals surface area contributed by atoms with Gasteiger partial charge in [0.15, 0.2) is 9.93 Å². The lowest BCUT2D eigenvalue weighted by Gasteiger charge is -2.13. The van der Waals surface area contributed by atoms with E-state index in [0.29, 0.717) is 23.6 Å². The largest absolute Gasteiger partial charge is 0.379 e. The van der Waals surface area contributed by atoms with Crippen LogP contribution in [-0.2, 0) is 18.8 Å². The van der Waals surface area contributed by atoms with Crippen LogP contribution in [0.25, 0.3) is 22.4 Å². The molecule has 0 aliphatic rings. The molecule has 8 nitrogen and oxygen atoms in total. The number of aromatic nitrogens is 6. The summed E-state index contributed by atoms with van der Waals surface area (Å²) in [5.74, 6) is 1.11. The average Bonchev–Trinajstić information content (AvgIpc) is 3.91. The van der Waals surface area contributed by atoms with Crippen molar-refractivity contribution in [2.24, 2.45) is 0 Å². The van der Waals surface area contributed by atoms with Crippen molar-refractivity contribution >= 4 is 46.4 Å². The predicted octanol–water partition coefficient (Wildman–Crippen LogP) is 11.3. The minimum Gasteiger partial charge on any atom is -0.379 e. The monoisotopic (exact) mass is 772 g/mol. The third-order valence-corrected chi connectivity index (χ3v) is 9.92. The number of benzene rings is 5. The van der Waals surface area contributed by atoms with Crippen LogP contribution in [-0.4, -0.2) is 29.1 Å². The molecule has 8 aromatic rings. The number of rotatable bonds is 11. The molecule has 0 unspecified atom stereocenters. The van der Waals surface area contributed by atoms with E-state index in [1.54, 1.807) is 36.0 Å². The molecule has 280 valence electrons. The van der Waals surface area contributed by atoms with Crippen molar-refractivity contribution in [1.82, 2.24) is 29.1 Å². The number of hydrogen-bond donors (Lipinski definition) is 4. The molecule has 0 spiro atoms. The van der Waals surface area contributed by atoms with Gasteiger partial charge in [0.2, 0.25) is 0 Å². The van der Waals surface area contributed by atoms with Gasteiger partial charge >= 0.3 is 0 Å². The maximum atomic E-state index is 13.2. The summed E-state index contributed by atoms with van der Waals surface area (Å²) in [5, 5.41) is 7.52. The van der Waals surface area contributed by atoms with Gasteiger partial charge in [-0.05, 0) is 111 Å². The first-order valence-electron chi connectivity index (χ1n) is 17.3. The Morgan fingerprint density at radius 2 is 1.24 bits per heavy atom. The number of H-pyrrole nitrogens is 2. The SMILES string of the molecule is C.Cc1ccc(-n2c(CNc3ccc(F)cc3)c[nH]c2=S)cc1.Cc1ccc(-n2c(CNc3ccc(F)cc3)cnc2SCc2nc3ccccc3[nH]2)cc1. The van der Waals surface area contributed by atoms with Gasteiger partial charge in [0, 0.05) is 28.9 Å². The van der Waals surface area contributed by atoms with Crippen LogP contribution < -0.4 is 10.6 Å². The molecule has 0 radical (unpaired) electrons. The molecule has 3 heterocycles. The van der Waals surface area contributed by atoms with Crippen LogP contribution in [0, 0.1) is 30.3 Å². The lowest BCUT2D eigenvalue weighted by molar-refractivity contribution is 0.627. The highest BCUT2D eigenvalue weighted by molar-refractivity contribution is 7.98. The summed E-state index contributed by atoms with van der Waals surface area (Å²) in [5.41, 5.74) is 10.2. The lowest BCUT2D eigenvalue weighted by Crippen LogP contribution is -2.07. The normalized spacial score (nSPS) is 10.8. The van der Waals surface area contributed by atoms with E-state index in [2.05, 4.69) is 80.4 Å². The fourth-order valence-electron chi connectivity index (χ4n) is 5.80. The smallest absolute Gasteiger partial charge is 0.182 e. The number of thioether (sulfide) groups is 1. The van der Waals surface area contributed by atoms with Gasteiger partial charge in [-0.2, -0.15) is 0 Å². The van der Waals surface area contributed by atoms with Gasteiger partial charge in [-0.25, -0.2) is 18.7 Å². The molecule has 5 aromatic carbocycles. The van der Waals surface area contributed by atoms with E-state index in [0.717, 1.165) is 56.2 Å². The summed E-state index contributed by atoms with van der Waals surface area (Å²) < 4.78 is 30.9. The standard InChI is InChI=1S/C25H22FN5S.C17H16FN3S.CH4/c1-17-6-12-20(13-7-17)31-21(14-27-19-10-8-18(26)9-11-19)15-28-25(31)32-16-24-29-22-4-2-3-5-23(22)30-24;1-12-2-8-15(9-3-12)21-16(11-20-17(21)22)10-19-14-6-4-13(18)5-7-14;/h2-13,15,27H,14,16H2,1H3,(H,29,30);2-9,11,19H,10H2,1H3,(H,20,22);1H4. The van der Waals surface area contributed by atoms with Gasteiger partial charge < -0.3 is 20.6 Å². The van der Waals surface area contributed by atoms with E-state index < -0.39 is 0 Å². The highest BCUT2D eigenvalue weighted by atomic mass is 32.2. The molecule has 0 saturated carbocycles. The van der Waals surface area contributed by atoms with Gasteiger partial charge in [0.25, 0.3) is 0 Å². The number of halogens is 2. The van der Waals surface area contributed by atoms with E-state index >= 15 is 0 Å². The van der Waals surface area contributed by atoms with E-state index in [1.165, 1.54) is 35.4 Å². The Morgan fingerprint density at radius 1 is 0.691 bits per heavy atom. The molecule has 3 aromatic heterocycles. The van der Waals surface area contributed by atoms with Gasteiger partial charge in [0.1, 0.15) is 17.5 Å². The molecule has 0 aliphatic carbocycles. The van der Waals surface area contributed by atoms with Crippen molar-refractivity contribution in [3.05, 3.63) is 178 Å². The number of nitrogens with one attached hydrogen (secondary N) is 4. The number of para-hydroxylation sites is 2. The van der Waals surface area contributed by atoms with Crippen molar-refractivity contribution in [3.63, 3.8) is 0 Å². The Bertz CT molecular complexity index is 2470. The maximum absolute atomic E-state index is 13.2. The van der Waals surface area contributed by atoms with Crippen LogP contribution >= 0.6 is 24.0 Å². The van der Waals surface area contributed by atoms with Crippen LogP contribution in [0.1, 0.15) is 35.8 Å². The zero-order chi connectivity index (χ0) is 37.4. The Labute approximate surface area is 328 Å². The molecule has 0 atom stereocenters. The Hall–Kier alpha value is -5.98. The summed E-state index contributed by atoms with van der Waals surface area (Å²) >= 11 is 7.01. The van der Waals surface area contributed by atoms with Crippen LogP contribution in [0.5, 0.6) is 0 Å². The van der Waals surface area contributed by atoms with E-state index in [1.807, 2.05) is 53.4 Å². The van der Waals surface area contributed by atoms with Crippen molar-refractivity contribution in [3.8, 4) is 11.4 Å². The van der Waals surface area contributed by atoms with Gasteiger partial charge in [-0.3, -0.25) is 9.13 Å². The predicted molar refractivity (Wildman–Crippen MR) is 224 cm³/mol. The number of imidazole rings is 3. The highest BCUT2D eigenvalue weighted by Gasteiger charge is 2.14. The molecule has 12 heteroatoms. The Morgan fingerprint density at radius 3 is 1.82 bits per heavy atom. The van der Waals surface area contributed by atoms with Gasteiger partial charge in [-0.15, -0.1) is 0 Å². The van der Waals surface area contributed by atoms with Crippen LogP contribution in [0.3, 0.4) is 0 Å². The average molecular weight is 773 g/mol. The van der Waals surface area contributed by atoms with Crippen LogP contribution in [0.15, 0.2) is 139 Å². The summed E-state index contributed by atoms with van der Waals surface area (Å²) in [6, 6.07) is 37.3. The Balaban J connectivity index is 0.000000196. The van der Waals surface area contributed by atoms with E-state index in [9.17, 15) is 8.78 Å². The number of nitrogens with zero attached hydrogens (tertiary/aromatic N) is 4. The van der Waals surface area contributed by atoms with Crippen molar-refractivity contribution in [1.29, 1.82) is 0 Å². The third kappa shape index (κ3) is 9.77. The zero-order valence-electron chi connectivity index (χ0n) is 29.7. The summed E-state index contributed by atoms with van der Waals surface area (Å²) in [7, 11) is 0. The quantitative estimate of drug-likeness (QED) is 0.0773. The molecular weight excluding hydrogens is 731 g/mol. The first-order valence-corrected chi connectivity index (χ1v) is 18.7. The summed E-state index contributed by atoms with van der Waals surface area (Å²) in [6.45, 7) is 5.29. The van der Waals surface area contributed by atoms with Crippen LogP contribution in [0.2, 0.25) is 0 Å². The molecule has 55 heavy (non-hydrogen) atoms. The zero-order valence-corrected chi connectivity index (χ0v) is 31.3. The lowest BCUT2D eigenvalue weighted by atomic mass is 10.2. The number of fused-ring (bicyclic) bond motifs is 1. The highest BCUT2D eigenvalue weighted by Crippen LogP contribution is 2.27. The van der Waals surface area contributed by atoms with E-state index in [-0.39, 0.29) is 19.1 Å². The first kappa shape index (κ1) is 38.7. The molecule has 0 bridgehead atoms. The second-order valence-electron chi connectivity index (χ2n) is 12.7. The number of hydrogen-bond acceptors (Lipinski definition) is 6. The van der Waals surface area contributed by atoms with Crippen molar-refractivity contribution in [2.75, 3.05) is 10.6 Å². The van der Waals surface area contributed by atoms with Gasteiger partial charge in [-0.1, -0.05) is 66.7 Å². The van der Waals surface area contributed by atoms with Gasteiger partial charge in [0.05, 0.1) is 47.5 Å². The minimum absolute atomic E-state index is 0. The molecule has 0 aliphatic heterocycles. The second-order valence-corrected chi connectivity index (χ2v) is 14.0. The summed E-state index contributed by atoms with van der Waals surface area (Å²) in [6.07, 6.45) is 3.77. The van der Waals surface area contributed by atoms with E-state index in [4.69, 9.17) is 17.2 Å². The maximum Gasteiger partial charge on any atom is 0.182 e. The number of aromatic amines is 2. The third-order valence-electron chi connectivity index (χ3n) is 8.65. The topological polar surface area (TPSA) is 91.3 Å². The molecule has 0 fully saturated rings. The van der Waals surface area contributed by atoms with Crippen molar-refractivity contribution in [2.45, 2.75) is 45.3 Å². The van der Waals surface area contributed by atoms with Crippen molar-refractivity contribution < 1.29 is 8.78 Å². The first-order chi connectivity index (χ1) is 26.3. The Kier molecular flexibility index (Phi) is 12.6. The minimum atomic E-state index is -0.246. The molecule has 0 saturated heterocycles. The number of anilines is 2. The summed E-state index contributed by atoms with van der Waals surface area (Å²) in [4.78, 5) is 15.8. The van der Waals surface area contributed by atoms with Crippen LogP contribution in [0.4, 0.5) is 20.2 Å².